The summed E-state index contributed by atoms with van der Waals surface area (Å²) in [5.74, 6) is 0.410. The van der Waals surface area contributed by atoms with E-state index in [9.17, 15) is 8.78 Å². The Labute approximate surface area is 104 Å². The summed E-state index contributed by atoms with van der Waals surface area (Å²) >= 11 is 0. The molecule has 2 aromatic heterocycles. The lowest BCUT2D eigenvalue weighted by Crippen LogP contribution is -2.10. The van der Waals surface area contributed by atoms with E-state index in [4.69, 9.17) is 0 Å². The van der Waals surface area contributed by atoms with Crippen molar-refractivity contribution in [1.82, 2.24) is 20.1 Å². The van der Waals surface area contributed by atoms with Gasteiger partial charge < -0.3 is 5.32 Å². The molecule has 0 bridgehead atoms. The Hall–Kier alpha value is -1.82. The number of aryl methyl sites for hydroxylation is 1. The molecule has 0 amide bonds. The summed E-state index contributed by atoms with van der Waals surface area (Å²) < 4.78 is 27.4. The second-order valence-corrected chi connectivity index (χ2v) is 3.99. The molecular weight excluding hydrogens is 238 g/mol. The summed E-state index contributed by atoms with van der Waals surface area (Å²) in [6.07, 6.45) is 0.444. The normalized spacial score (nSPS) is 11.2. The summed E-state index contributed by atoms with van der Waals surface area (Å²) in [7, 11) is 1.71. The Bertz CT molecular complexity index is 537. The number of aromatic nitrogens is 3. The van der Waals surface area contributed by atoms with Crippen LogP contribution in [0.4, 0.5) is 8.78 Å². The topological polar surface area (TPSA) is 42.7 Å². The average molecular weight is 252 g/mol. The average Bonchev–Trinajstić information content (AvgIpc) is 2.73. The molecule has 2 aromatic rings. The van der Waals surface area contributed by atoms with Crippen LogP contribution in [-0.2, 0) is 6.54 Å². The van der Waals surface area contributed by atoms with E-state index in [1.807, 2.05) is 13.0 Å². The van der Waals surface area contributed by atoms with Gasteiger partial charge in [-0.1, -0.05) is 0 Å². The van der Waals surface area contributed by atoms with Crippen LogP contribution < -0.4 is 5.32 Å². The Morgan fingerprint density at radius 2 is 2.22 bits per heavy atom. The molecule has 2 heterocycles. The third-order valence-electron chi connectivity index (χ3n) is 2.58. The molecule has 0 aliphatic rings. The molecule has 2 rings (SSSR count). The molecule has 0 atom stereocenters. The zero-order chi connectivity index (χ0) is 13.1. The van der Waals surface area contributed by atoms with Crippen molar-refractivity contribution in [3.05, 3.63) is 41.3 Å². The van der Waals surface area contributed by atoms with Crippen molar-refractivity contribution in [2.24, 2.45) is 0 Å². The monoisotopic (exact) mass is 252 g/mol. The van der Waals surface area contributed by atoms with Gasteiger partial charge in [-0.2, -0.15) is 5.10 Å². The van der Waals surface area contributed by atoms with Gasteiger partial charge in [0.15, 0.2) is 5.82 Å². The summed E-state index contributed by atoms with van der Waals surface area (Å²) in [5.41, 5.74) is 1.32. The van der Waals surface area contributed by atoms with E-state index >= 15 is 0 Å². The maximum Gasteiger partial charge on any atom is 0.280 e. The van der Waals surface area contributed by atoms with Crippen molar-refractivity contribution in [3.8, 4) is 5.82 Å². The molecule has 0 aliphatic heterocycles. The van der Waals surface area contributed by atoms with Crippen LogP contribution in [0.1, 0.15) is 23.2 Å². The van der Waals surface area contributed by atoms with Crippen molar-refractivity contribution in [2.45, 2.75) is 19.9 Å². The Kier molecular flexibility index (Phi) is 3.66. The van der Waals surface area contributed by atoms with E-state index in [1.54, 1.807) is 19.3 Å². The van der Waals surface area contributed by atoms with Crippen molar-refractivity contribution >= 4 is 0 Å². The first-order valence-corrected chi connectivity index (χ1v) is 5.56. The standard InChI is InChI=1S/C12H14F2N4/c1-8-3-4-16-10(5-8)18-11(12(13)14)9(6-15-2)7-17-18/h3-5,7,12,15H,6H2,1-2H3. The number of pyridine rings is 1. The van der Waals surface area contributed by atoms with Gasteiger partial charge in [0.05, 0.1) is 6.20 Å². The number of hydrogen-bond donors (Lipinski definition) is 1. The molecule has 0 unspecified atom stereocenters. The fourth-order valence-corrected chi connectivity index (χ4v) is 1.77. The van der Waals surface area contributed by atoms with Crippen LogP contribution in [0.5, 0.6) is 0 Å². The Balaban J connectivity index is 2.50. The van der Waals surface area contributed by atoms with Gasteiger partial charge in [-0.05, 0) is 31.7 Å². The first kappa shape index (κ1) is 12.6. The number of nitrogens with zero attached hydrogens (tertiary/aromatic N) is 3. The van der Waals surface area contributed by atoms with Crippen LogP contribution in [0.15, 0.2) is 24.5 Å². The van der Waals surface area contributed by atoms with Gasteiger partial charge in [0, 0.05) is 18.3 Å². The van der Waals surface area contributed by atoms with Gasteiger partial charge in [-0.3, -0.25) is 0 Å². The maximum atomic E-state index is 13.1. The second-order valence-electron chi connectivity index (χ2n) is 3.99. The van der Waals surface area contributed by atoms with E-state index in [-0.39, 0.29) is 5.69 Å². The minimum absolute atomic E-state index is 0.109. The predicted molar refractivity (Wildman–Crippen MR) is 63.8 cm³/mol. The van der Waals surface area contributed by atoms with E-state index in [2.05, 4.69) is 15.4 Å². The summed E-state index contributed by atoms with van der Waals surface area (Å²) in [6, 6.07) is 3.53. The van der Waals surface area contributed by atoms with Crippen LogP contribution in [-0.4, -0.2) is 21.8 Å². The fraction of sp³-hybridized carbons (Fsp3) is 0.333. The molecule has 0 aliphatic carbocycles. The van der Waals surface area contributed by atoms with Crippen LogP contribution in [0, 0.1) is 6.92 Å². The minimum atomic E-state index is -2.59. The van der Waals surface area contributed by atoms with Crippen molar-refractivity contribution in [1.29, 1.82) is 0 Å². The van der Waals surface area contributed by atoms with Gasteiger partial charge in [0.25, 0.3) is 6.43 Å². The zero-order valence-corrected chi connectivity index (χ0v) is 10.2. The first-order chi connectivity index (χ1) is 8.63. The number of nitrogens with one attached hydrogen (secondary N) is 1. The molecule has 0 radical (unpaired) electrons. The minimum Gasteiger partial charge on any atom is -0.316 e. The quantitative estimate of drug-likeness (QED) is 0.907. The van der Waals surface area contributed by atoms with E-state index < -0.39 is 6.43 Å². The van der Waals surface area contributed by atoms with E-state index in [0.29, 0.717) is 17.9 Å². The van der Waals surface area contributed by atoms with Crippen LogP contribution in [0.3, 0.4) is 0 Å². The molecule has 4 nitrogen and oxygen atoms in total. The van der Waals surface area contributed by atoms with Crippen molar-refractivity contribution < 1.29 is 8.78 Å². The number of alkyl halides is 2. The SMILES string of the molecule is CNCc1cnn(-c2cc(C)ccn2)c1C(F)F. The lowest BCUT2D eigenvalue weighted by atomic mass is 10.2. The predicted octanol–water partition coefficient (Wildman–Crippen LogP) is 2.23. The van der Waals surface area contributed by atoms with Gasteiger partial charge in [-0.15, -0.1) is 0 Å². The molecule has 1 N–H and O–H groups in total. The summed E-state index contributed by atoms with van der Waals surface area (Å²) in [4.78, 5) is 4.07. The summed E-state index contributed by atoms with van der Waals surface area (Å²) in [6.45, 7) is 2.23. The molecule has 0 saturated heterocycles. The largest absolute Gasteiger partial charge is 0.316 e. The molecule has 6 heteroatoms. The van der Waals surface area contributed by atoms with Crippen LogP contribution >= 0.6 is 0 Å². The Morgan fingerprint density at radius 3 is 2.83 bits per heavy atom. The number of halogens is 2. The second kappa shape index (κ2) is 5.22. The molecule has 96 valence electrons. The molecule has 18 heavy (non-hydrogen) atoms. The van der Waals surface area contributed by atoms with Gasteiger partial charge in [-0.25, -0.2) is 18.4 Å². The Morgan fingerprint density at radius 1 is 1.44 bits per heavy atom. The first-order valence-electron chi connectivity index (χ1n) is 5.56. The van der Waals surface area contributed by atoms with E-state index in [1.165, 1.54) is 10.9 Å². The van der Waals surface area contributed by atoms with Gasteiger partial charge in [0.2, 0.25) is 0 Å². The third-order valence-corrected chi connectivity index (χ3v) is 2.58. The lowest BCUT2D eigenvalue weighted by molar-refractivity contribution is 0.141. The molecular formula is C12H14F2N4. The number of hydrogen-bond acceptors (Lipinski definition) is 3. The summed E-state index contributed by atoms with van der Waals surface area (Å²) in [5, 5.41) is 6.85. The van der Waals surface area contributed by atoms with Crippen LogP contribution in [0.25, 0.3) is 5.82 Å². The van der Waals surface area contributed by atoms with E-state index in [0.717, 1.165) is 5.56 Å². The molecule has 0 fully saturated rings. The highest BCUT2D eigenvalue weighted by Crippen LogP contribution is 2.25. The zero-order valence-electron chi connectivity index (χ0n) is 10.2. The molecule has 0 aromatic carbocycles. The molecule has 0 saturated carbocycles. The maximum absolute atomic E-state index is 13.1. The highest BCUT2D eigenvalue weighted by Gasteiger charge is 2.21. The van der Waals surface area contributed by atoms with Gasteiger partial charge >= 0.3 is 0 Å². The van der Waals surface area contributed by atoms with Crippen molar-refractivity contribution in [2.75, 3.05) is 7.05 Å². The number of rotatable bonds is 4. The van der Waals surface area contributed by atoms with Crippen molar-refractivity contribution in [3.63, 3.8) is 0 Å². The lowest BCUT2D eigenvalue weighted by Gasteiger charge is -2.08. The third kappa shape index (κ3) is 2.38. The van der Waals surface area contributed by atoms with Gasteiger partial charge in [0.1, 0.15) is 5.69 Å². The highest BCUT2D eigenvalue weighted by atomic mass is 19.3. The van der Waals surface area contributed by atoms with Crippen LogP contribution in [0.2, 0.25) is 0 Å². The fourth-order valence-electron chi connectivity index (χ4n) is 1.77. The highest BCUT2D eigenvalue weighted by molar-refractivity contribution is 5.32. The molecule has 0 spiro atoms. The smallest absolute Gasteiger partial charge is 0.280 e.